The fourth-order valence-corrected chi connectivity index (χ4v) is 4.28. The van der Waals surface area contributed by atoms with E-state index in [1.165, 1.54) is 35.9 Å². The SMILES string of the molecule is Cc1ccc(COc2ccc(C3C(C#N)=C(N)Oc4cc(OC(=O)COc5ccc(F)cc5)ccc43)cc2)cc1. The summed E-state index contributed by atoms with van der Waals surface area (Å²) in [5.74, 6) is 0.0517. The Labute approximate surface area is 230 Å². The second-order valence-corrected chi connectivity index (χ2v) is 9.18. The summed E-state index contributed by atoms with van der Waals surface area (Å²) < 4.78 is 35.4. The van der Waals surface area contributed by atoms with Gasteiger partial charge in [0.2, 0.25) is 5.88 Å². The summed E-state index contributed by atoms with van der Waals surface area (Å²) in [6, 6.07) is 27.9. The number of nitriles is 1. The van der Waals surface area contributed by atoms with E-state index in [2.05, 4.69) is 6.07 Å². The molecule has 0 spiro atoms. The maximum Gasteiger partial charge on any atom is 0.349 e. The van der Waals surface area contributed by atoms with Crippen molar-refractivity contribution in [2.24, 2.45) is 5.73 Å². The van der Waals surface area contributed by atoms with Crippen LogP contribution >= 0.6 is 0 Å². The number of carbonyl (C=O) groups excluding carboxylic acids is 1. The third kappa shape index (κ3) is 6.05. The van der Waals surface area contributed by atoms with Crippen LogP contribution in [0.15, 0.2) is 102 Å². The van der Waals surface area contributed by atoms with E-state index in [0.717, 1.165) is 11.1 Å². The van der Waals surface area contributed by atoms with Gasteiger partial charge in [0, 0.05) is 11.6 Å². The van der Waals surface area contributed by atoms with Crippen LogP contribution in [-0.4, -0.2) is 12.6 Å². The average Bonchev–Trinajstić information content (AvgIpc) is 2.96. The third-order valence-electron chi connectivity index (χ3n) is 6.33. The summed E-state index contributed by atoms with van der Waals surface area (Å²) in [4.78, 5) is 12.3. The zero-order valence-electron chi connectivity index (χ0n) is 21.6. The molecule has 1 unspecified atom stereocenters. The first-order chi connectivity index (χ1) is 19.4. The summed E-state index contributed by atoms with van der Waals surface area (Å²) >= 11 is 0. The Bertz CT molecular complexity index is 1590. The molecule has 2 N–H and O–H groups in total. The predicted molar refractivity (Wildman–Crippen MR) is 145 cm³/mol. The van der Waals surface area contributed by atoms with E-state index in [-0.39, 0.29) is 23.8 Å². The molecule has 7 nitrogen and oxygen atoms in total. The van der Waals surface area contributed by atoms with Gasteiger partial charge in [-0.05, 0) is 60.5 Å². The van der Waals surface area contributed by atoms with E-state index in [1.807, 2.05) is 55.5 Å². The number of ether oxygens (including phenoxy) is 4. The number of nitrogens with two attached hydrogens (primary N) is 1. The number of nitrogens with zero attached hydrogens (tertiary/aromatic N) is 1. The van der Waals surface area contributed by atoms with Gasteiger partial charge in [-0.15, -0.1) is 0 Å². The molecule has 0 bridgehead atoms. The van der Waals surface area contributed by atoms with E-state index >= 15 is 0 Å². The number of hydrogen-bond donors (Lipinski definition) is 1. The number of hydrogen-bond acceptors (Lipinski definition) is 7. The molecule has 0 radical (unpaired) electrons. The van der Waals surface area contributed by atoms with Gasteiger partial charge < -0.3 is 24.7 Å². The molecular weight excluding hydrogens is 511 g/mol. The summed E-state index contributed by atoms with van der Waals surface area (Å²) in [6.45, 7) is 2.10. The molecule has 200 valence electrons. The smallest absolute Gasteiger partial charge is 0.349 e. The van der Waals surface area contributed by atoms with Crippen LogP contribution in [0.4, 0.5) is 4.39 Å². The second-order valence-electron chi connectivity index (χ2n) is 9.18. The second kappa shape index (κ2) is 11.6. The molecule has 0 aromatic heterocycles. The molecular formula is C32H25FN2O5. The van der Waals surface area contributed by atoms with Gasteiger partial charge in [0.1, 0.15) is 47.1 Å². The van der Waals surface area contributed by atoms with Gasteiger partial charge in [0.05, 0.1) is 5.92 Å². The lowest BCUT2D eigenvalue weighted by atomic mass is 9.83. The number of aryl methyl sites for hydroxylation is 1. The Morgan fingerprint density at radius 3 is 2.27 bits per heavy atom. The lowest BCUT2D eigenvalue weighted by Gasteiger charge is -2.26. The average molecular weight is 537 g/mol. The summed E-state index contributed by atoms with van der Waals surface area (Å²) in [7, 11) is 0. The molecule has 4 aromatic rings. The van der Waals surface area contributed by atoms with Crippen LogP contribution in [0.3, 0.4) is 0 Å². The Morgan fingerprint density at radius 1 is 0.925 bits per heavy atom. The highest BCUT2D eigenvalue weighted by Crippen LogP contribution is 2.43. The molecule has 0 amide bonds. The van der Waals surface area contributed by atoms with Gasteiger partial charge in [-0.2, -0.15) is 5.26 Å². The van der Waals surface area contributed by atoms with Gasteiger partial charge in [0.25, 0.3) is 0 Å². The first-order valence-electron chi connectivity index (χ1n) is 12.5. The number of rotatable bonds is 8. The number of allylic oxidation sites excluding steroid dienone is 1. The quantitative estimate of drug-likeness (QED) is 0.220. The third-order valence-corrected chi connectivity index (χ3v) is 6.33. The van der Waals surface area contributed by atoms with E-state index in [4.69, 9.17) is 24.7 Å². The Kier molecular flexibility index (Phi) is 7.65. The van der Waals surface area contributed by atoms with E-state index in [9.17, 15) is 14.4 Å². The normalized spacial score (nSPS) is 14.0. The highest BCUT2D eigenvalue weighted by Gasteiger charge is 2.31. The first-order valence-corrected chi connectivity index (χ1v) is 12.5. The molecule has 1 aliphatic heterocycles. The Balaban J connectivity index is 1.29. The van der Waals surface area contributed by atoms with E-state index in [0.29, 0.717) is 29.4 Å². The molecule has 1 atom stereocenters. The van der Waals surface area contributed by atoms with Gasteiger partial charge in [0.15, 0.2) is 6.61 Å². The van der Waals surface area contributed by atoms with Gasteiger partial charge >= 0.3 is 5.97 Å². The number of benzene rings is 4. The van der Waals surface area contributed by atoms with Crippen molar-refractivity contribution in [1.82, 2.24) is 0 Å². The Hall–Kier alpha value is -5.29. The minimum atomic E-state index is -0.654. The minimum Gasteiger partial charge on any atom is -0.489 e. The molecule has 8 heteroatoms. The van der Waals surface area contributed by atoms with Gasteiger partial charge in [-0.1, -0.05) is 48.0 Å². The van der Waals surface area contributed by atoms with Gasteiger partial charge in [-0.25, -0.2) is 9.18 Å². The number of carbonyl (C=O) groups is 1. The maximum atomic E-state index is 13.0. The monoisotopic (exact) mass is 536 g/mol. The van der Waals surface area contributed by atoms with Crippen molar-refractivity contribution in [2.75, 3.05) is 6.61 Å². The van der Waals surface area contributed by atoms with Crippen LogP contribution in [0.2, 0.25) is 0 Å². The van der Waals surface area contributed by atoms with Crippen LogP contribution in [0.5, 0.6) is 23.0 Å². The van der Waals surface area contributed by atoms with E-state index < -0.39 is 17.7 Å². The number of fused-ring (bicyclic) bond motifs is 1. The van der Waals surface area contributed by atoms with Crippen molar-refractivity contribution < 1.29 is 28.1 Å². The highest BCUT2D eigenvalue weighted by molar-refractivity contribution is 5.74. The van der Waals surface area contributed by atoms with E-state index in [1.54, 1.807) is 12.1 Å². The van der Waals surface area contributed by atoms with Gasteiger partial charge in [-0.3, -0.25) is 0 Å². The molecule has 1 heterocycles. The Morgan fingerprint density at radius 2 is 1.57 bits per heavy atom. The largest absolute Gasteiger partial charge is 0.489 e. The molecule has 0 saturated heterocycles. The minimum absolute atomic E-state index is 0.0252. The molecule has 1 aliphatic rings. The van der Waals surface area contributed by atoms with Crippen molar-refractivity contribution in [3.8, 4) is 29.1 Å². The lowest BCUT2D eigenvalue weighted by molar-refractivity contribution is -0.136. The fourth-order valence-electron chi connectivity index (χ4n) is 4.28. The van der Waals surface area contributed by atoms with Crippen molar-refractivity contribution in [2.45, 2.75) is 19.4 Å². The van der Waals surface area contributed by atoms with Crippen LogP contribution in [-0.2, 0) is 11.4 Å². The predicted octanol–water partition coefficient (Wildman–Crippen LogP) is 5.92. The summed E-state index contributed by atoms with van der Waals surface area (Å²) in [6.07, 6.45) is 0. The topological polar surface area (TPSA) is 104 Å². The maximum absolute atomic E-state index is 13.0. The zero-order valence-corrected chi connectivity index (χ0v) is 21.6. The summed E-state index contributed by atoms with van der Waals surface area (Å²) in [5, 5.41) is 9.85. The molecule has 0 aliphatic carbocycles. The lowest BCUT2D eigenvalue weighted by Crippen LogP contribution is -2.21. The van der Waals surface area contributed by atoms with Crippen molar-refractivity contribution in [1.29, 1.82) is 5.26 Å². The molecule has 40 heavy (non-hydrogen) atoms. The first kappa shape index (κ1) is 26.3. The molecule has 4 aromatic carbocycles. The van der Waals surface area contributed by atoms with Crippen LogP contribution < -0.4 is 24.7 Å². The zero-order chi connectivity index (χ0) is 28.1. The van der Waals surface area contributed by atoms with Crippen molar-refractivity contribution >= 4 is 5.97 Å². The van der Waals surface area contributed by atoms with Crippen LogP contribution in [0.1, 0.15) is 28.2 Å². The molecule has 0 saturated carbocycles. The van der Waals surface area contributed by atoms with Crippen LogP contribution in [0, 0.1) is 24.1 Å². The molecule has 0 fully saturated rings. The summed E-state index contributed by atoms with van der Waals surface area (Å²) in [5.41, 5.74) is 10.2. The number of esters is 1. The number of halogens is 1. The standard InChI is InChI=1S/C32H25FN2O5/c1-20-2-4-21(5-3-20)18-37-24-10-6-22(7-11-24)31-27-15-14-26(16-29(27)40-32(35)28(31)17-34)39-30(36)19-38-25-12-8-23(33)9-13-25/h2-16,31H,18-19,35H2,1H3. The van der Waals surface area contributed by atoms with Crippen molar-refractivity contribution in [3.05, 3.63) is 131 Å². The highest BCUT2D eigenvalue weighted by atomic mass is 19.1. The fraction of sp³-hybridized carbons (Fsp3) is 0.125. The van der Waals surface area contributed by atoms with Crippen molar-refractivity contribution in [3.63, 3.8) is 0 Å². The van der Waals surface area contributed by atoms with Crippen LogP contribution in [0.25, 0.3) is 0 Å². The molecule has 5 rings (SSSR count).